The molecular weight excluding hydrogens is 236 g/mol. The fourth-order valence-corrected chi connectivity index (χ4v) is 2.23. The minimum Gasteiger partial charge on any atom is -0.369 e. The van der Waals surface area contributed by atoms with E-state index >= 15 is 0 Å². The Labute approximate surface area is 118 Å². The average molecular weight is 264 g/mol. The lowest BCUT2D eigenvalue weighted by Gasteiger charge is -2.27. The molecule has 3 nitrogen and oxygen atoms in total. The van der Waals surface area contributed by atoms with Crippen molar-refractivity contribution >= 4 is 5.69 Å². The lowest BCUT2D eigenvalue weighted by Crippen LogP contribution is -2.34. The van der Waals surface area contributed by atoms with Crippen LogP contribution in [0, 0.1) is 6.92 Å². The second-order valence-corrected chi connectivity index (χ2v) is 5.12. The molecule has 0 heterocycles. The van der Waals surface area contributed by atoms with Crippen LogP contribution in [0.3, 0.4) is 0 Å². The number of nitrogens with zero attached hydrogens (tertiary/aromatic N) is 2. The molecule has 0 aromatic heterocycles. The van der Waals surface area contributed by atoms with Gasteiger partial charge in [-0.05, 0) is 52.1 Å². The van der Waals surface area contributed by atoms with E-state index in [0.29, 0.717) is 0 Å². The number of hydrogen-bond acceptors (Lipinski definition) is 3. The Hall–Kier alpha value is -1.06. The van der Waals surface area contributed by atoms with Crippen LogP contribution in [0.4, 0.5) is 5.69 Å². The molecule has 1 aromatic carbocycles. The molecule has 0 aliphatic rings. The van der Waals surface area contributed by atoms with E-state index in [1.807, 2.05) is 0 Å². The van der Waals surface area contributed by atoms with Gasteiger partial charge in [-0.3, -0.25) is 4.90 Å². The molecule has 108 valence electrons. The van der Waals surface area contributed by atoms with Crippen LogP contribution in [0.5, 0.6) is 0 Å². The highest BCUT2D eigenvalue weighted by molar-refractivity contribution is 5.48. The van der Waals surface area contributed by atoms with Crippen molar-refractivity contribution in [3.63, 3.8) is 0 Å². The molecular formula is C16H28N2O. The van der Waals surface area contributed by atoms with Crippen LogP contribution in [-0.4, -0.2) is 44.9 Å². The highest BCUT2D eigenvalue weighted by Crippen LogP contribution is 2.15. The fourth-order valence-electron chi connectivity index (χ4n) is 2.23. The van der Waals surface area contributed by atoms with Crippen LogP contribution in [0.2, 0.25) is 0 Å². The number of rotatable bonds is 8. The van der Waals surface area contributed by atoms with E-state index in [4.69, 9.17) is 4.74 Å². The third-order valence-electron chi connectivity index (χ3n) is 3.35. The number of ether oxygens (including phenoxy) is 1. The molecule has 19 heavy (non-hydrogen) atoms. The summed E-state index contributed by atoms with van der Waals surface area (Å²) in [5.41, 5.74) is 2.58. The van der Waals surface area contributed by atoms with Crippen molar-refractivity contribution in [3.8, 4) is 0 Å². The number of likely N-dealkylation sites (N-methyl/N-ethyl adjacent to an activating group) is 1. The maximum Gasteiger partial charge on any atom is 0.109 e. The number of aryl methyl sites for hydroxylation is 1. The molecule has 0 radical (unpaired) electrons. The summed E-state index contributed by atoms with van der Waals surface area (Å²) in [6.07, 6.45) is 1.24. The zero-order chi connectivity index (χ0) is 14.3. The fraction of sp³-hybridized carbons (Fsp3) is 0.625. The summed E-state index contributed by atoms with van der Waals surface area (Å²) < 4.78 is 5.92. The number of hydrogen-bond donors (Lipinski definition) is 0. The van der Waals surface area contributed by atoms with Gasteiger partial charge in [-0.25, -0.2) is 0 Å². The first-order chi connectivity index (χ1) is 9.08. The van der Waals surface area contributed by atoms with Gasteiger partial charge in [0.1, 0.15) is 6.23 Å². The van der Waals surface area contributed by atoms with Gasteiger partial charge in [0.05, 0.1) is 6.61 Å². The van der Waals surface area contributed by atoms with Crippen LogP contribution in [0.1, 0.15) is 25.8 Å². The van der Waals surface area contributed by atoms with E-state index in [-0.39, 0.29) is 6.23 Å². The highest BCUT2D eigenvalue weighted by Gasteiger charge is 2.10. The first-order valence-corrected chi connectivity index (χ1v) is 7.18. The summed E-state index contributed by atoms with van der Waals surface area (Å²) in [7, 11) is 4.12. The molecule has 0 saturated heterocycles. The predicted molar refractivity (Wildman–Crippen MR) is 82.8 cm³/mol. The lowest BCUT2D eigenvalue weighted by molar-refractivity contribution is -0.0345. The van der Waals surface area contributed by atoms with Crippen LogP contribution in [-0.2, 0) is 4.74 Å². The summed E-state index contributed by atoms with van der Waals surface area (Å²) in [6.45, 7) is 9.18. The molecule has 0 aliphatic carbocycles. The van der Waals surface area contributed by atoms with E-state index < -0.39 is 0 Å². The smallest absolute Gasteiger partial charge is 0.109 e. The summed E-state index contributed by atoms with van der Waals surface area (Å²) >= 11 is 0. The van der Waals surface area contributed by atoms with E-state index in [1.54, 1.807) is 0 Å². The molecule has 1 atom stereocenters. The molecule has 0 fully saturated rings. The third kappa shape index (κ3) is 5.21. The van der Waals surface area contributed by atoms with Crippen molar-refractivity contribution in [2.75, 3.05) is 38.7 Å². The minimum atomic E-state index is 0.219. The van der Waals surface area contributed by atoms with Gasteiger partial charge in [0.25, 0.3) is 0 Å². The zero-order valence-corrected chi connectivity index (χ0v) is 13.0. The standard InChI is InChI=1S/C16H28N2O/c1-6-16(17(4)5)19-12-11-18(7-2)15-10-8-9-14(3)13-15/h8-10,13,16H,6-7,11-12H2,1-5H3/t16-/m0/s1. The van der Waals surface area contributed by atoms with Crippen molar-refractivity contribution in [2.24, 2.45) is 0 Å². The molecule has 0 bridgehead atoms. The molecule has 0 amide bonds. The molecule has 1 aromatic rings. The molecule has 0 spiro atoms. The third-order valence-corrected chi connectivity index (χ3v) is 3.35. The van der Waals surface area contributed by atoms with Gasteiger partial charge in [-0.2, -0.15) is 0 Å². The largest absolute Gasteiger partial charge is 0.369 e. The second-order valence-electron chi connectivity index (χ2n) is 5.12. The van der Waals surface area contributed by atoms with Crippen molar-refractivity contribution in [3.05, 3.63) is 29.8 Å². The predicted octanol–water partition coefficient (Wildman–Crippen LogP) is 3.14. The van der Waals surface area contributed by atoms with E-state index in [2.05, 4.69) is 68.9 Å². The first kappa shape index (κ1) is 16.0. The van der Waals surface area contributed by atoms with Gasteiger partial charge in [0, 0.05) is 18.8 Å². The molecule has 3 heteroatoms. The van der Waals surface area contributed by atoms with Gasteiger partial charge >= 0.3 is 0 Å². The molecule has 0 N–H and O–H groups in total. The van der Waals surface area contributed by atoms with Gasteiger partial charge in [0.15, 0.2) is 0 Å². The SMILES string of the molecule is CC[C@H](OCCN(CC)c1cccc(C)c1)N(C)C. The Balaban J connectivity index is 2.49. The Kier molecular flexibility index (Phi) is 6.89. The quantitative estimate of drug-likeness (QED) is 0.671. The van der Waals surface area contributed by atoms with Crippen molar-refractivity contribution in [1.82, 2.24) is 4.90 Å². The van der Waals surface area contributed by atoms with Crippen molar-refractivity contribution in [2.45, 2.75) is 33.4 Å². The second kappa shape index (κ2) is 8.18. The average Bonchev–Trinajstić information content (AvgIpc) is 2.38. The summed E-state index contributed by atoms with van der Waals surface area (Å²) in [5, 5.41) is 0. The zero-order valence-electron chi connectivity index (χ0n) is 13.0. The van der Waals surface area contributed by atoms with E-state index in [0.717, 1.165) is 26.1 Å². The minimum absolute atomic E-state index is 0.219. The molecule has 0 aliphatic heterocycles. The Morgan fingerprint density at radius 3 is 2.47 bits per heavy atom. The monoisotopic (exact) mass is 264 g/mol. The maximum absolute atomic E-state index is 5.92. The lowest BCUT2D eigenvalue weighted by atomic mass is 10.2. The Morgan fingerprint density at radius 1 is 1.21 bits per heavy atom. The van der Waals surface area contributed by atoms with Crippen LogP contribution < -0.4 is 4.90 Å². The number of anilines is 1. The first-order valence-electron chi connectivity index (χ1n) is 7.18. The summed E-state index contributed by atoms with van der Waals surface area (Å²) in [6, 6.07) is 8.64. The van der Waals surface area contributed by atoms with E-state index in [1.165, 1.54) is 11.3 Å². The maximum atomic E-state index is 5.92. The van der Waals surface area contributed by atoms with Gasteiger partial charge in [-0.1, -0.05) is 19.1 Å². The van der Waals surface area contributed by atoms with Gasteiger partial charge in [-0.15, -0.1) is 0 Å². The topological polar surface area (TPSA) is 15.7 Å². The Morgan fingerprint density at radius 2 is 1.95 bits per heavy atom. The molecule has 0 unspecified atom stereocenters. The molecule has 0 saturated carbocycles. The van der Waals surface area contributed by atoms with Gasteiger partial charge < -0.3 is 9.64 Å². The highest BCUT2D eigenvalue weighted by atomic mass is 16.5. The van der Waals surface area contributed by atoms with Crippen LogP contribution in [0.15, 0.2) is 24.3 Å². The van der Waals surface area contributed by atoms with Crippen LogP contribution in [0.25, 0.3) is 0 Å². The Bertz CT molecular complexity index is 366. The van der Waals surface area contributed by atoms with E-state index in [9.17, 15) is 0 Å². The normalized spacial score (nSPS) is 12.7. The summed E-state index contributed by atoms with van der Waals surface area (Å²) in [4.78, 5) is 4.48. The van der Waals surface area contributed by atoms with Crippen molar-refractivity contribution in [1.29, 1.82) is 0 Å². The van der Waals surface area contributed by atoms with Gasteiger partial charge in [0.2, 0.25) is 0 Å². The van der Waals surface area contributed by atoms with Crippen molar-refractivity contribution < 1.29 is 4.74 Å². The van der Waals surface area contributed by atoms with Crippen LogP contribution >= 0.6 is 0 Å². The number of benzene rings is 1. The molecule has 1 rings (SSSR count). The summed E-state index contributed by atoms with van der Waals surface area (Å²) in [5.74, 6) is 0.